The fraction of sp³-hybridized carbons (Fsp3) is 0.143. The number of amides is 1. The summed E-state index contributed by atoms with van der Waals surface area (Å²) >= 11 is 3.08. The lowest BCUT2D eigenvalue weighted by molar-refractivity contribution is -0.116. The molecule has 0 fully saturated rings. The summed E-state index contributed by atoms with van der Waals surface area (Å²) in [7, 11) is -3.91. The molecular formula is C7H10BrN5O3S. The molecule has 0 bridgehead atoms. The van der Waals surface area contributed by atoms with E-state index >= 15 is 0 Å². The molecule has 0 aliphatic carbocycles. The molecule has 1 aromatic heterocycles. The number of hydrogen-bond acceptors (Lipinski definition) is 6. The number of hydrogen-bond donors (Lipinski definition) is 4. The van der Waals surface area contributed by atoms with Crippen molar-refractivity contribution in [2.45, 2.75) is 4.90 Å². The molecule has 0 aliphatic heterocycles. The number of primary amides is 1. The van der Waals surface area contributed by atoms with Crippen molar-refractivity contribution < 1.29 is 13.2 Å². The Kier molecular flexibility index (Phi) is 4.40. The summed E-state index contributed by atoms with van der Waals surface area (Å²) in [4.78, 5) is 14.1. The molecule has 8 nitrogen and oxygen atoms in total. The van der Waals surface area contributed by atoms with Crippen LogP contribution in [0.2, 0.25) is 0 Å². The normalized spacial score (nSPS) is 11.2. The number of hydrazine groups is 1. The highest BCUT2D eigenvalue weighted by molar-refractivity contribution is 9.10. The van der Waals surface area contributed by atoms with Gasteiger partial charge in [0.05, 0.1) is 6.54 Å². The first kappa shape index (κ1) is 13.8. The first-order chi connectivity index (χ1) is 7.86. The van der Waals surface area contributed by atoms with E-state index in [1.165, 1.54) is 12.3 Å². The molecule has 17 heavy (non-hydrogen) atoms. The molecule has 1 aromatic rings. The van der Waals surface area contributed by atoms with E-state index in [1.54, 1.807) is 0 Å². The molecule has 10 heteroatoms. The van der Waals surface area contributed by atoms with Crippen LogP contribution in [-0.4, -0.2) is 25.9 Å². The zero-order valence-electron chi connectivity index (χ0n) is 8.47. The summed E-state index contributed by atoms with van der Waals surface area (Å²) in [6, 6.07) is 1.30. The molecule has 0 unspecified atom stereocenters. The molecule has 1 rings (SSSR count). The summed E-state index contributed by atoms with van der Waals surface area (Å²) in [6.07, 6.45) is 1.38. The molecule has 6 N–H and O–H groups in total. The van der Waals surface area contributed by atoms with E-state index in [0.717, 1.165) is 0 Å². The lowest BCUT2D eigenvalue weighted by atomic mass is 10.5. The summed E-state index contributed by atoms with van der Waals surface area (Å²) in [6.45, 7) is -0.501. The zero-order valence-corrected chi connectivity index (χ0v) is 10.9. The topological polar surface area (TPSA) is 140 Å². The molecule has 0 saturated heterocycles. The van der Waals surface area contributed by atoms with Gasteiger partial charge in [-0.2, -0.15) is 0 Å². The third-order valence-electron chi connectivity index (χ3n) is 1.68. The number of nitrogens with one attached hydrogen (secondary N) is 2. The minimum absolute atomic E-state index is 0.0369. The number of rotatable bonds is 5. The van der Waals surface area contributed by atoms with Gasteiger partial charge >= 0.3 is 0 Å². The van der Waals surface area contributed by atoms with Gasteiger partial charge in [-0.05, 0) is 22.0 Å². The van der Waals surface area contributed by atoms with E-state index in [2.05, 4.69) is 26.3 Å². The van der Waals surface area contributed by atoms with Gasteiger partial charge in [-0.1, -0.05) is 0 Å². The number of nitrogen functional groups attached to an aromatic ring is 1. The number of pyridine rings is 1. The predicted octanol–water partition coefficient (Wildman–Crippen LogP) is -1.11. The molecule has 0 radical (unpaired) electrons. The first-order valence-electron chi connectivity index (χ1n) is 4.27. The smallest absolute Gasteiger partial charge is 0.244 e. The number of sulfonamides is 1. The molecular weight excluding hydrogens is 314 g/mol. The van der Waals surface area contributed by atoms with Gasteiger partial charge in [0.2, 0.25) is 15.9 Å². The number of halogens is 1. The number of carbonyl (C=O) groups excluding carboxylic acids is 1. The second-order valence-corrected chi connectivity index (χ2v) is 5.59. The molecule has 0 aromatic carbocycles. The Balaban J connectivity index is 3.13. The third kappa shape index (κ3) is 3.63. The van der Waals surface area contributed by atoms with Crippen LogP contribution in [0.3, 0.4) is 0 Å². The van der Waals surface area contributed by atoms with Gasteiger partial charge in [-0.15, -0.1) is 0 Å². The van der Waals surface area contributed by atoms with Crippen LogP contribution in [0.25, 0.3) is 0 Å². The first-order valence-corrected chi connectivity index (χ1v) is 6.54. The summed E-state index contributed by atoms with van der Waals surface area (Å²) in [5.41, 5.74) is 7.00. The van der Waals surface area contributed by atoms with Crippen molar-refractivity contribution in [1.82, 2.24) is 9.71 Å². The number of aromatic nitrogens is 1. The molecule has 1 amide bonds. The molecule has 0 spiro atoms. The van der Waals surface area contributed by atoms with Crippen LogP contribution in [0.4, 0.5) is 5.82 Å². The largest absolute Gasteiger partial charge is 0.369 e. The number of nitrogens with zero attached hydrogens (tertiary/aromatic N) is 1. The van der Waals surface area contributed by atoms with E-state index in [-0.39, 0.29) is 10.7 Å². The van der Waals surface area contributed by atoms with Crippen LogP contribution in [0.15, 0.2) is 21.6 Å². The Morgan fingerprint density at radius 2 is 2.18 bits per heavy atom. The average molecular weight is 324 g/mol. The molecule has 0 aliphatic rings. The fourth-order valence-electron chi connectivity index (χ4n) is 0.978. The van der Waals surface area contributed by atoms with Gasteiger partial charge in [0.1, 0.15) is 4.90 Å². The highest BCUT2D eigenvalue weighted by Crippen LogP contribution is 2.21. The highest BCUT2D eigenvalue weighted by atomic mass is 79.9. The van der Waals surface area contributed by atoms with E-state index in [0.29, 0.717) is 4.47 Å². The van der Waals surface area contributed by atoms with E-state index in [4.69, 9.17) is 11.6 Å². The van der Waals surface area contributed by atoms with Gasteiger partial charge in [0.15, 0.2) is 5.82 Å². The Morgan fingerprint density at radius 3 is 2.71 bits per heavy atom. The quantitative estimate of drug-likeness (QED) is 0.400. The SMILES string of the molecule is NNc1ncc(Br)cc1S(=O)(=O)NCC(N)=O. The van der Waals surface area contributed by atoms with Crippen LogP contribution < -0.4 is 21.7 Å². The second-order valence-electron chi connectivity index (χ2n) is 2.94. The molecule has 0 saturated carbocycles. The van der Waals surface area contributed by atoms with Gasteiger partial charge in [0, 0.05) is 10.7 Å². The summed E-state index contributed by atoms with van der Waals surface area (Å²) in [5, 5.41) is 0. The predicted molar refractivity (Wildman–Crippen MR) is 64.1 cm³/mol. The van der Waals surface area contributed by atoms with Gasteiger partial charge in [-0.3, -0.25) is 4.79 Å². The van der Waals surface area contributed by atoms with Crippen molar-refractivity contribution in [2.75, 3.05) is 12.0 Å². The van der Waals surface area contributed by atoms with Gasteiger partial charge in [-0.25, -0.2) is 24.0 Å². The Morgan fingerprint density at radius 1 is 1.53 bits per heavy atom. The van der Waals surface area contributed by atoms with Crippen LogP contribution in [0.5, 0.6) is 0 Å². The average Bonchev–Trinajstić information content (AvgIpc) is 2.26. The van der Waals surface area contributed by atoms with Crippen LogP contribution in [-0.2, 0) is 14.8 Å². The van der Waals surface area contributed by atoms with Crippen LogP contribution in [0.1, 0.15) is 0 Å². The van der Waals surface area contributed by atoms with Crippen molar-refractivity contribution in [2.24, 2.45) is 11.6 Å². The van der Waals surface area contributed by atoms with Crippen molar-refractivity contribution in [3.63, 3.8) is 0 Å². The number of anilines is 1. The minimum Gasteiger partial charge on any atom is -0.369 e. The van der Waals surface area contributed by atoms with Crippen molar-refractivity contribution in [3.8, 4) is 0 Å². The van der Waals surface area contributed by atoms with Crippen LogP contribution >= 0.6 is 15.9 Å². The highest BCUT2D eigenvalue weighted by Gasteiger charge is 2.20. The van der Waals surface area contributed by atoms with Crippen molar-refractivity contribution in [1.29, 1.82) is 0 Å². The Labute approximate surface area is 106 Å². The standard InChI is InChI=1S/C7H10BrN5O3S/c8-4-1-5(7(13-10)11-2-4)17(15,16)12-3-6(9)14/h1-2,12H,3,10H2,(H2,9,14)(H,11,13). The lowest BCUT2D eigenvalue weighted by Crippen LogP contribution is -2.34. The Bertz CT molecular complexity index is 532. The minimum atomic E-state index is -3.91. The van der Waals surface area contributed by atoms with E-state index in [1.807, 2.05) is 4.72 Å². The summed E-state index contributed by atoms with van der Waals surface area (Å²) < 4.78 is 26.1. The van der Waals surface area contributed by atoms with E-state index in [9.17, 15) is 13.2 Å². The second kappa shape index (κ2) is 5.40. The number of nitrogens with two attached hydrogens (primary N) is 2. The maximum absolute atomic E-state index is 11.8. The molecule has 1 heterocycles. The lowest BCUT2D eigenvalue weighted by Gasteiger charge is -2.09. The van der Waals surface area contributed by atoms with Crippen molar-refractivity contribution >= 4 is 37.7 Å². The zero-order chi connectivity index (χ0) is 13.1. The van der Waals surface area contributed by atoms with Gasteiger partial charge < -0.3 is 11.2 Å². The monoisotopic (exact) mass is 323 g/mol. The van der Waals surface area contributed by atoms with Crippen LogP contribution in [0, 0.1) is 0 Å². The Hall–Kier alpha value is -1.23. The molecule has 0 atom stereocenters. The summed E-state index contributed by atoms with van der Waals surface area (Å²) in [5.74, 6) is 4.31. The number of carbonyl (C=O) groups is 1. The third-order valence-corrected chi connectivity index (χ3v) is 3.53. The maximum atomic E-state index is 11.8. The van der Waals surface area contributed by atoms with Crippen molar-refractivity contribution in [3.05, 3.63) is 16.7 Å². The maximum Gasteiger partial charge on any atom is 0.244 e. The molecule has 94 valence electrons. The fourth-order valence-corrected chi connectivity index (χ4v) is 2.60. The van der Waals surface area contributed by atoms with E-state index < -0.39 is 22.5 Å². The van der Waals surface area contributed by atoms with Gasteiger partial charge in [0.25, 0.3) is 0 Å².